The summed E-state index contributed by atoms with van der Waals surface area (Å²) in [6.45, 7) is 1.58. The summed E-state index contributed by atoms with van der Waals surface area (Å²) in [6.07, 6.45) is -4.78. The average molecular weight is 368 g/mol. The fourth-order valence-electron chi connectivity index (χ4n) is 2.45. The van der Waals surface area contributed by atoms with Crippen molar-refractivity contribution in [2.24, 2.45) is 5.92 Å². The molecule has 0 aromatic heterocycles. The van der Waals surface area contributed by atoms with Gasteiger partial charge in [-0.3, -0.25) is 9.59 Å². The molecule has 2 rings (SSSR count). The Morgan fingerprint density at radius 1 is 1.08 bits per heavy atom. The van der Waals surface area contributed by atoms with E-state index in [1.807, 2.05) is 0 Å². The van der Waals surface area contributed by atoms with Crippen molar-refractivity contribution in [1.82, 2.24) is 0 Å². The summed E-state index contributed by atoms with van der Waals surface area (Å²) in [4.78, 5) is 24.8. The van der Waals surface area contributed by atoms with Crippen LogP contribution in [0.1, 0.15) is 28.4 Å². The van der Waals surface area contributed by atoms with Crippen LogP contribution < -0.4 is 0 Å². The molecule has 2 aromatic carbocycles. The number of benzene rings is 2. The lowest BCUT2D eigenvalue weighted by Crippen LogP contribution is -2.28. The molecular weight excluding hydrogens is 352 g/mol. The Morgan fingerprint density at radius 3 is 2.31 bits per heavy atom. The Bertz CT molecular complexity index is 782. The maximum Gasteiger partial charge on any atom is 0.416 e. The zero-order chi connectivity index (χ0) is 19.3. The molecule has 0 bridgehead atoms. The van der Waals surface area contributed by atoms with E-state index in [1.165, 1.54) is 24.3 Å². The fraction of sp³-hybridized carbons (Fsp3) is 0.263. The summed E-state index contributed by atoms with van der Waals surface area (Å²) >= 11 is 0. The number of hydrogen-bond acceptors (Lipinski definition) is 3. The molecule has 0 aliphatic rings. The lowest BCUT2D eigenvalue weighted by Gasteiger charge is -2.16. The first-order valence-electron chi connectivity index (χ1n) is 7.85. The molecule has 1 atom stereocenters. The highest BCUT2D eigenvalue weighted by molar-refractivity contribution is 6.08. The normalized spacial score (nSPS) is 12.5. The van der Waals surface area contributed by atoms with Gasteiger partial charge >= 0.3 is 12.1 Å². The van der Waals surface area contributed by atoms with Crippen LogP contribution in [0.15, 0.2) is 48.5 Å². The van der Waals surface area contributed by atoms with E-state index in [2.05, 4.69) is 0 Å². The molecule has 138 valence electrons. The highest BCUT2D eigenvalue weighted by atomic mass is 19.4. The Balaban J connectivity index is 2.32. The van der Waals surface area contributed by atoms with Crippen LogP contribution in [0.3, 0.4) is 0 Å². The first-order chi connectivity index (χ1) is 12.2. The van der Waals surface area contributed by atoms with E-state index in [-0.39, 0.29) is 24.2 Å². The van der Waals surface area contributed by atoms with Crippen molar-refractivity contribution in [3.63, 3.8) is 0 Å². The largest absolute Gasteiger partial charge is 0.465 e. The summed E-state index contributed by atoms with van der Waals surface area (Å²) in [5.41, 5.74) is -0.614. The van der Waals surface area contributed by atoms with Gasteiger partial charge in [-0.25, -0.2) is 4.39 Å². The van der Waals surface area contributed by atoms with Gasteiger partial charge in [0.2, 0.25) is 0 Å². The number of carbonyl (C=O) groups is 2. The van der Waals surface area contributed by atoms with Crippen LogP contribution in [-0.4, -0.2) is 18.4 Å². The van der Waals surface area contributed by atoms with Crippen LogP contribution in [0.2, 0.25) is 0 Å². The van der Waals surface area contributed by atoms with Crippen LogP contribution >= 0.6 is 0 Å². The first kappa shape index (κ1) is 19.6. The zero-order valence-electron chi connectivity index (χ0n) is 13.8. The van der Waals surface area contributed by atoms with E-state index in [9.17, 15) is 27.2 Å². The second kappa shape index (κ2) is 8.12. The quantitative estimate of drug-likeness (QED) is 0.327. The van der Waals surface area contributed by atoms with Crippen molar-refractivity contribution >= 4 is 11.8 Å². The molecule has 0 fully saturated rings. The molecule has 0 amide bonds. The topological polar surface area (TPSA) is 43.4 Å². The van der Waals surface area contributed by atoms with Crippen molar-refractivity contribution in [2.75, 3.05) is 6.61 Å². The van der Waals surface area contributed by atoms with Gasteiger partial charge in [0, 0.05) is 5.56 Å². The molecule has 0 N–H and O–H groups in total. The summed E-state index contributed by atoms with van der Waals surface area (Å²) in [5, 5.41) is 0. The van der Waals surface area contributed by atoms with Gasteiger partial charge in [0.1, 0.15) is 11.7 Å². The van der Waals surface area contributed by atoms with Gasteiger partial charge in [0.15, 0.2) is 5.78 Å². The Labute approximate surface area is 147 Å². The van der Waals surface area contributed by atoms with E-state index < -0.39 is 35.2 Å². The number of halogens is 4. The molecular formula is C19H16F4O3. The number of hydrogen-bond donors (Lipinski definition) is 0. The van der Waals surface area contributed by atoms with E-state index >= 15 is 0 Å². The summed E-state index contributed by atoms with van der Waals surface area (Å²) in [5.74, 6) is -3.34. The lowest BCUT2D eigenvalue weighted by atomic mass is 9.90. The van der Waals surface area contributed by atoms with Gasteiger partial charge in [-0.1, -0.05) is 18.2 Å². The average Bonchev–Trinajstić information content (AvgIpc) is 2.59. The van der Waals surface area contributed by atoms with Crippen molar-refractivity contribution in [3.05, 3.63) is 71.0 Å². The molecule has 0 aliphatic carbocycles. The van der Waals surface area contributed by atoms with Crippen molar-refractivity contribution in [2.45, 2.75) is 19.5 Å². The van der Waals surface area contributed by atoms with Crippen molar-refractivity contribution in [1.29, 1.82) is 0 Å². The van der Waals surface area contributed by atoms with E-state index in [4.69, 9.17) is 4.74 Å². The molecule has 3 nitrogen and oxygen atoms in total. The SMILES string of the molecule is CCOC(=O)C(Cc1cccc(C(F)(F)F)c1)C(=O)c1ccc(F)cc1. The minimum Gasteiger partial charge on any atom is -0.465 e. The molecule has 26 heavy (non-hydrogen) atoms. The summed E-state index contributed by atoms with van der Waals surface area (Å²) in [6, 6.07) is 8.99. The van der Waals surface area contributed by atoms with Gasteiger partial charge in [0.25, 0.3) is 0 Å². The zero-order valence-corrected chi connectivity index (χ0v) is 13.8. The van der Waals surface area contributed by atoms with Crippen LogP contribution in [0.5, 0.6) is 0 Å². The summed E-state index contributed by atoms with van der Waals surface area (Å²) < 4.78 is 56.5. The van der Waals surface area contributed by atoms with E-state index in [0.717, 1.165) is 24.3 Å². The van der Waals surface area contributed by atoms with Gasteiger partial charge in [-0.2, -0.15) is 13.2 Å². The molecule has 0 saturated carbocycles. The van der Waals surface area contributed by atoms with Crippen molar-refractivity contribution in [3.8, 4) is 0 Å². The third-order valence-corrected chi connectivity index (χ3v) is 3.71. The van der Waals surface area contributed by atoms with Gasteiger partial charge < -0.3 is 4.74 Å². The maximum absolute atomic E-state index is 13.0. The fourth-order valence-corrected chi connectivity index (χ4v) is 2.45. The van der Waals surface area contributed by atoms with E-state index in [1.54, 1.807) is 6.92 Å². The van der Waals surface area contributed by atoms with Crippen LogP contribution in [-0.2, 0) is 22.1 Å². The molecule has 0 radical (unpaired) electrons. The lowest BCUT2D eigenvalue weighted by molar-refractivity contribution is -0.146. The summed E-state index contributed by atoms with van der Waals surface area (Å²) in [7, 11) is 0. The van der Waals surface area contributed by atoms with Gasteiger partial charge in [0.05, 0.1) is 12.2 Å². The third-order valence-electron chi connectivity index (χ3n) is 3.71. The second-order valence-corrected chi connectivity index (χ2v) is 5.58. The number of ether oxygens (including phenoxy) is 1. The smallest absolute Gasteiger partial charge is 0.416 e. The minimum absolute atomic E-state index is 0.0224. The Morgan fingerprint density at radius 2 is 1.73 bits per heavy atom. The third kappa shape index (κ3) is 4.91. The monoisotopic (exact) mass is 368 g/mol. The Kier molecular flexibility index (Phi) is 6.13. The van der Waals surface area contributed by atoms with Gasteiger partial charge in [-0.15, -0.1) is 0 Å². The number of Topliss-reactive ketones (excluding diaryl/α,β-unsaturated/α-hetero) is 1. The van der Waals surface area contributed by atoms with Crippen molar-refractivity contribution < 1.29 is 31.9 Å². The second-order valence-electron chi connectivity index (χ2n) is 5.58. The predicted molar refractivity (Wildman–Crippen MR) is 86.0 cm³/mol. The molecule has 0 saturated heterocycles. The molecule has 0 spiro atoms. The number of esters is 1. The molecule has 0 heterocycles. The van der Waals surface area contributed by atoms with Crippen LogP contribution in [0.4, 0.5) is 17.6 Å². The molecule has 1 unspecified atom stereocenters. The Hall–Kier alpha value is -2.70. The van der Waals surface area contributed by atoms with Crippen LogP contribution in [0, 0.1) is 11.7 Å². The van der Waals surface area contributed by atoms with Gasteiger partial charge in [-0.05, 0) is 49.2 Å². The maximum atomic E-state index is 13.0. The predicted octanol–water partition coefficient (Wildman–Crippen LogP) is 4.45. The molecule has 7 heteroatoms. The van der Waals surface area contributed by atoms with E-state index in [0.29, 0.717) is 0 Å². The number of ketones is 1. The molecule has 0 aliphatic heterocycles. The minimum atomic E-state index is -4.53. The number of rotatable bonds is 6. The van der Waals surface area contributed by atoms with Crippen LogP contribution in [0.25, 0.3) is 0 Å². The first-order valence-corrected chi connectivity index (χ1v) is 7.85. The number of carbonyl (C=O) groups excluding carboxylic acids is 2. The molecule has 2 aromatic rings. The highest BCUT2D eigenvalue weighted by Crippen LogP contribution is 2.30. The standard InChI is InChI=1S/C19H16F4O3/c1-2-26-18(25)16(17(24)13-6-8-15(20)9-7-13)11-12-4-3-5-14(10-12)19(21,22)23/h3-10,16H,2,11H2,1H3. The highest BCUT2D eigenvalue weighted by Gasteiger charge is 2.32. The number of alkyl halides is 3.